The molecule has 0 saturated carbocycles. The molecular formula is C16H17NO4S. The molecule has 0 aliphatic rings. The van der Waals surface area contributed by atoms with Gasteiger partial charge in [-0.3, -0.25) is 4.98 Å². The van der Waals surface area contributed by atoms with Crippen LogP contribution in [0.15, 0.2) is 17.5 Å². The van der Waals surface area contributed by atoms with Crippen molar-refractivity contribution in [1.82, 2.24) is 4.98 Å². The molecule has 0 saturated heterocycles. The zero-order valence-electron chi connectivity index (χ0n) is 12.9. The van der Waals surface area contributed by atoms with E-state index in [1.54, 1.807) is 20.8 Å². The van der Waals surface area contributed by atoms with Gasteiger partial charge in [0.05, 0.1) is 36.2 Å². The van der Waals surface area contributed by atoms with Crippen molar-refractivity contribution in [3.05, 3.63) is 40.0 Å². The van der Waals surface area contributed by atoms with Crippen LogP contribution in [0.1, 0.15) is 39.0 Å². The Kier molecular flexibility index (Phi) is 4.92. The van der Waals surface area contributed by atoms with Crippen LogP contribution in [-0.2, 0) is 9.47 Å². The lowest BCUT2D eigenvalue weighted by atomic mass is 9.97. The maximum absolute atomic E-state index is 12.3. The van der Waals surface area contributed by atoms with Gasteiger partial charge in [0.1, 0.15) is 0 Å². The number of esters is 2. The Morgan fingerprint density at radius 2 is 1.82 bits per heavy atom. The second kappa shape index (κ2) is 6.70. The first-order chi connectivity index (χ1) is 10.5. The molecule has 0 aromatic carbocycles. The number of ether oxygens (including phenoxy) is 2. The fourth-order valence-corrected chi connectivity index (χ4v) is 3.11. The lowest BCUT2D eigenvalue weighted by Gasteiger charge is -2.16. The largest absolute Gasteiger partial charge is 0.465 e. The number of rotatable bonds is 4. The molecule has 0 amide bonds. The van der Waals surface area contributed by atoms with Gasteiger partial charge in [-0.1, -0.05) is 6.07 Å². The summed E-state index contributed by atoms with van der Waals surface area (Å²) in [6.07, 6.45) is 0. The molecule has 0 aliphatic carbocycles. The standard InChI is InChI=1S/C16H17NO4S/c1-5-21-16(19)13-10(3)17-9(2)12(15(18)20-4)14(13)11-7-6-8-22-11/h6-8H,5H2,1-4H3. The highest BCUT2D eigenvalue weighted by molar-refractivity contribution is 7.13. The van der Waals surface area contributed by atoms with Gasteiger partial charge in [0.25, 0.3) is 0 Å². The van der Waals surface area contributed by atoms with E-state index in [1.807, 2.05) is 17.5 Å². The third-order valence-corrected chi connectivity index (χ3v) is 4.08. The Morgan fingerprint density at radius 1 is 1.18 bits per heavy atom. The summed E-state index contributed by atoms with van der Waals surface area (Å²) >= 11 is 1.44. The van der Waals surface area contributed by atoms with Crippen LogP contribution in [-0.4, -0.2) is 30.6 Å². The average molecular weight is 319 g/mol. The zero-order valence-corrected chi connectivity index (χ0v) is 13.7. The van der Waals surface area contributed by atoms with Gasteiger partial charge in [-0.25, -0.2) is 9.59 Å². The molecule has 0 bridgehead atoms. The molecule has 2 heterocycles. The van der Waals surface area contributed by atoms with E-state index in [1.165, 1.54) is 18.4 Å². The van der Waals surface area contributed by atoms with E-state index in [4.69, 9.17) is 9.47 Å². The summed E-state index contributed by atoms with van der Waals surface area (Å²) in [5, 5.41) is 1.89. The Balaban J connectivity index is 2.82. The van der Waals surface area contributed by atoms with Gasteiger partial charge in [-0.15, -0.1) is 11.3 Å². The van der Waals surface area contributed by atoms with E-state index < -0.39 is 11.9 Å². The molecule has 0 spiro atoms. The van der Waals surface area contributed by atoms with Gasteiger partial charge in [0.15, 0.2) is 0 Å². The van der Waals surface area contributed by atoms with Crippen molar-refractivity contribution in [3.63, 3.8) is 0 Å². The molecule has 22 heavy (non-hydrogen) atoms. The second-order valence-electron chi connectivity index (χ2n) is 4.60. The maximum Gasteiger partial charge on any atom is 0.340 e. The second-order valence-corrected chi connectivity index (χ2v) is 5.54. The molecule has 0 atom stereocenters. The van der Waals surface area contributed by atoms with E-state index in [9.17, 15) is 9.59 Å². The first kappa shape index (κ1) is 16.2. The van der Waals surface area contributed by atoms with Gasteiger partial charge >= 0.3 is 11.9 Å². The number of aryl methyl sites for hydroxylation is 2. The summed E-state index contributed by atoms with van der Waals surface area (Å²) in [7, 11) is 1.31. The lowest BCUT2D eigenvalue weighted by molar-refractivity contribution is 0.0526. The zero-order chi connectivity index (χ0) is 16.3. The van der Waals surface area contributed by atoms with Crippen LogP contribution in [0, 0.1) is 13.8 Å². The summed E-state index contributed by atoms with van der Waals surface area (Å²) in [4.78, 5) is 29.7. The molecule has 0 N–H and O–H groups in total. The fourth-order valence-electron chi connectivity index (χ4n) is 2.32. The van der Waals surface area contributed by atoms with Crippen LogP contribution in [0.5, 0.6) is 0 Å². The minimum atomic E-state index is -0.515. The minimum absolute atomic E-state index is 0.254. The van der Waals surface area contributed by atoms with Crippen LogP contribution in [0.25, 0.3) is 10.4 Å². The van der Waals surface area contributed by atoms with Crippen LogP contribution >= 0.6 is 11.3 Å². The van der Waals surface area contributed by atoms with E-state index in [-0.39, 0.29) is 6.61 Å². The Bertz CT molecular complexity index is 707. The summed E-state index contributed by atoms with van der Waals surface area (Å²) < 4.78 is 9.99. The Morgan fingerprint density at radius 3 is 2.32 bits per heavy atom. The quantitative estimate of drug-likeness (QED) is 0.808. The van der Waals surface area contributed by atoms with Crippen molar-refractivity contribution in [2.24, 2.45) is 0 Å². The van der Waals surface area contributed by atoms with Crippen molar-refractivity contribution in [2.45, 2.75) is 20.8 Å². The van der Waals surface area contributed by atoms with Gasteiger partial charge in [-0.2, -0.15) is 0 Å². The molecule has 0 fully saturated rings. The molecular weight excluding hydrogens is 302 g/mol. The number of aromatic nitrogens is 1. The van der Waals surface area contributed by atoms with Crippen molar-refractivity contribution in [2.75, 3.05) is 13.7 Å². The number of carbonyl (C=O) groups excluding carboxylic acids is 2. The predicted octanol–water partition coefficient (Wildman–Crippen LogP) is 3.39. The molecule has 2 aromatic heterocycles. The third-order valence-electron chi connectivity index (χ3n) is 3.20. The van der Waals surface area contributed by atoms with Crippen molar-refractivity contribution >= 4 is 23.3 Å². The van der Waals surface area contributed by atoms with E-state index >= 15 is 0 Å². The number of hydrogen-bond donors (Lipinski definition) is 0. The summed E-state index contributed by atoms with van der Waals surface area (Å²) in [5.41, 5.74) is 2.21. The van der Waals surface area contributed by atoms with Crippen LogP contribution in [0.2, 0.25) is 0 Å². The number of thiophene rings is 1. The van der Waals surface area contributed by atoms with E-state index in [0.29, 0.717) is 28.1 Å². The molecule has 0 unspecified atom stereocenters. The first-order valence-corrected chi connectivity index (χ1v) is 7.69. The third kappa shape index (κ3) is 2.87. The van der Waals surface area contributed by atoms with E-state index in [0.717, 1.165) is 4.88 Å². The molecule has 2 aromatic rings. The topological polar surface area (TPSA) is 65.5 Å². The summed E-state index contributed by atoms with van der Waals surface area (Å²) in [6, 6.07) is 3.72. The Hall–Kier alpha value is -2.21. The molecule has 5 nitrogen and oxygen atoms in total. The maximum atomic E-state index is 12.3. The van der Waals surface area contributed by atoms with Gasteiger partial charge in [0.2, 0.25) is 0 Å². The predicted molar refractivity (Wildman–Crippen MR) is 84.3 cm³/mol. The monoisotopic (exact) mass is 319 g/mol. The lowest BCUT2D eigenvalue weighted by Crippen LogP contribution is -2.16. The van der Waals surface area contributed by atoms with Crippen LogP contribution in [0.3, 0.4) is 0 Å². The van der Waals surface area contributed by atoms with Gasteiger partial charge in [0, 0.05) is 10.4 Å². The van der Waals surface area contributed by atoms with Crippen molar-refractivity contribution in [1.29, 1.82) is 0 Å². The summed E-state index contributed by atoms with van der Waals surface area (Å²) in [6.45, 7) is 5.45. The van der Waals surface area contributed by atoms with Crippen LogP contribution < -0.4 is 0 Å². The molecule has 0 radical (unpaired) electrons. The number of methoxy groups -OCH3 is 1. The van der Waals surface area contributed by atoms with Gasteiger partial charge in [-0.05, 0) is 32.2 Å². The minimum Gasteiger partial charge on any atom is -0.465 e. The highest BCUT2D eigenvalue weighted by Crippen LogP contribution is 2.35. The fraction of sp³-hybridized carbons (Fsp3) is 0.312. The normalized spacial score (nSPS) is 10.4. The number of carbonyl (C=O) groups is 2. The highest BCUT2D eigenvalue weighted by Gasteiger charge is 2.27. The molecule has 6 heteroatoms. The highest BCUT2D eigenvalue weighted by atomic mass is 32.1. The smallest absolute Gasteiger partial charge is 0.340 e. The van der Waals surface area contributed by atoms with Crippen molar-refractivity contribution < 1.29 is 19.1 Å². The average Bonchev–Trinajstić information content (AvgIpc) is 2.99. The molecule has 2 rings (SSSR count). The summed E-state index contributed by atoms with van der Waals surface area (Å²) in [5.74, 6) is -1.000. The Labute approximate surface area is 132 Å². The molecule has 116 valence electrons. The van der Waals surface area contributed by atoms with E-state index in [2.05, 4.69) is 4.98 Å². The van der Waals surface area contributed by atoms with Crippen LogP contribution in [0.4, 0.5) is 0 Å². The molecule has 0 aliphatic heterocycles. The number of pyridine rings is 1. The number of hydrogen-bond acceptors (Lipinski definition) is 6. The number of nitrogens with zero attached hydrogens (tertiary/aromatic N) is 1. The first-order valence-electron chi connectivity index (χ1n) is 6.81. The van der Waals surface area contributed by atoms with Crippen molar-refractivity contribution in [3.8, 4) is 10.4 Å². The van der Waals surface area contributed by atoms with Gasteiger partial charge < -0.3 is 9.47 Å². The SMILES string of the molecule is CCOC(=O)c1c(C)nc(C)c(C(=O)OC)c1-c1cccs1.